The summed E-state index contributed by atoms with van der Waals surface area (Å²) in [5.74, 6) is 0.947. The molecule has 3 aliphatic carbocycles. The summed E-state index contributed by atoms with van der Waals surface area (Å²) in [7, 11) is 0. The Balaban J connectivity index is 1.03. The fourth-order valence-electron chi connectivity index (χ4n) is 7.93. The van der Waals surface area contributed by atoms with E-state index >= 15 is 0 Å². The third-order valence-electron chi connectivity index (χ3n) is 10.5. The minimum Gasteiger partial charge on any atom is -0.365 e. The number of nitrogens with zero attached hydrogens (tertiary/aromatic N) is 2. The molecule has 4 heteroatoms. The molecule has 1 aliphatic heterocycles. The summed E-state index contributed by atoms with van der Waals surface area (Å²) in [6.45, 7) is 0. The van der Waals surface area contributed by atoms with Crippen LogP contribution in [0, 0.1) is 0 Å². The maximum atomic E-state index is 5.06. The minimum absolute atomic E-state index is 0.0112. The van der Waals surface area contributed by atoms with E-state index in [0.29, 0.717) is 0 Å². The lowest BCUT2D eigenvalue weighted by Gasteiger charge is -2.40. The van der Waals surface area contributed by atoms with Crippen molar-refractivity contribution < 1.29 is 0 Å². The highest BCUT2D eigenvalue weighted by molar-refractivity contribution is 5.83. The van der Waals surface area contributed by atoms with E-state index in [1.54, 1.807) is 0 Å². The highest BCUT2D eigenvalue weighted by Gasteiger charge is 2.34. The lowest BCUT2D eigenvalue weighted by molar-refractivity contribution is 0.418. The number of fused-ring (bicyclic) bond motifs is 1. The maximum absolute atomic E-state index is 5.06. The second kappa shape index (κ2) is 13.9. The fourth-order valence-corrected chi connectivity index (χ4v) is 7.93. The van der Waals surface area contributed by atoms with Crippen molar-refractivity contribution in [3.05, 3.63) is 191 Å². The molecule has 1 aromatic heterocycles. The Morgan fingerprint density at radius 1 is 0.647 bits per heavy atom. The van der Waals surface area contributed by atoms with Crippen LogP contribution in [-0.4, -0.2) is 15.6 Å². The number of para-hydroxylation sites is 3. The second-order valence-electron chi connectivity index (χ2n) is 13.8. The first kappa shape index (κ1) is 31.3. The molecule has 51 heavy (non-hydrogen) atoms. The first-order valence-corrected chi connectivity index (χ1v) is 18.4. The van der Waals surface area contributed by atoms with E-state index in [1.807, 2.05) is 0 Å². The van der Waals surface area contributed by atoms with Crippen molar-refractivity contribution in [2.75, 3.05) is 0 Å². The molecule has 0 saturated carbocycles. The van der Waals surface area contributed by atoms with Gasteiger partial charge in [-0.05, 0) is 96.2 Å². The van der Waals surface area contributed by atoms with Gasteiger partial charge in [0.15, 0.2) is 0 Å². The van der Waals surface area contributed by atoms with Gasteiger partial charge in [0.25, 0.3) is 0 Å². The van der Waals surface area contributed by atoms with Crippen molar-refractivity contribution in [3.8, 4) is 28.2 Å². The number of imidazole rings is 1. The SMILES string of the molecule is C1=CCCC(C2=C(C3=CCCC=C3)C(C3=CC=CCC3)NC(c3ccc(-c4ccc(-c5nc6ccccc6n5-c5ccccc5)cc4)cc3)N2)=C1. The van der Waals surface area contributed by atoms with Gasteiger partial charge in [0.1, 0.15) is 12.0 Å². The Kier molecular flexibility index (Phi) is 8.52. The molecule has 0 saturated heterocycles. The third-order valence-corrected chi connectivity index (χ3v) is 10.5. The number of rotatable bonds is 7. The van der Waals surface area contributed by atoms with Crippen LogP contribution in [0.1, 0.15) is 50.3 Å². The Hall–Kier alpha value is -5.71. The molecule has 2 atom stereocenters. The molecule has 9 rings (SSSR count). The lowest BCUT2D eigenvalue weighted by Crippen LogP contribution is -2.49. The van der Waals surface area contributed by atoms with Crippen molar-refractivity contribution in [3.63, 3.8) is 0 Å². The number of allylic oxidation sites excluding steroid dienone is 10. The Labute approximate surface area is 300 Å². The van der Waals surface area contributed by atoms with Crippen LogP contribution in [0.5, 0.6) is 0 Å². The summed E-state index contributed by atoms with van der Waals surface area (Å²) >= 11 is 0. The van der Waals surface area contributed by atoms with Gasteiger partial charge in [-0.3, -0.25) is 9.88 Å². The summed E-state index contributed by atoms with van der Waals surface area (Å²) in [5, 5.41) is 8.08. The Morgan fingerprint density at radius 3 is 2.10 bits per heavy atom. The van der Waals surface area contributed by atoms with Crippen LogP contribution in [0.3, 0.4) is 0 Å². The molecule has 5 aromatic rings. The predicted octanol–water partition coefficient (Wildman–Crippen LogP) is 11.0. The fraction of sp³-hybridized carbons (Fsp3) is 0.170. The molecule has 0 spiro atoms. The van der Waals surface area contributed by atoms with Gasteiger partial charge in [-0.1, -0.05) is 134 Å². The van der Waals surface area contributed by atoms with E-state index in [0.717, 1.165) is 66.6 Å². The molecular formula is C47H42N4. The largest absolute Gasteiger partial charge is 0.365 e. The van der Waals surface area contributed by atoms with Crippen LogP contribution in [0.2, 0.25) is 0 Å². The van der Waals surface area contributed by atoms with Gasteiger partial charge in [-0.2, -0.15) is 0 Å². The smallest absolute Gasteiger partial charge is 0.145 e. The van der Waals surface area contributed by atoms with Crippen molar-refractivity contribution in [1.29, 1.82) is 0 Å². The molecule has 2 unspecified atom stereocenters. The van der Waals surface area contributed by atoms with Gasteiger partial charge >= 0.3 is 0 Å². The summed E-state index contributed by atoms with van der Waals surface area (Å²) in [4.78, 5) is 5.06. The van der Waals surface area contributed by atoms with Crippen molar-refractivity contribution in [2.45, 2.75) is 50.7 Å². The van der Waals surface area contributed by atoms with Crippen LogP contribution < -0.4 is 10.6 Å². The molecule has 0 radical (unpaired) electrons. The summed E-state index contributed by atoms with van der Waals surface area (Å²) in [6.07, 6.45) is 27.3. The Bertz CT molecular complexity index is 2290. The van der Waals surface area contributed by atoms with Crippen molar-refractivity contribution in [2.24, 2.45) is 0 Å². The second-order valence-corrected chi connectivity index (χ2v) is 13.8. The normalized spacial score (nSPS) is 20.2. The van der Waals surface area contributed by atoms with Gasteiger partial charge in [0.2, 0.25) is 0 Å². The molecule has 2 heterocycles. The standard InChI is InChI=1S/C47H42N4/c1-5-15-35(16-6-1)43-44(36-17-7-2-8-18-36)49-46(50-45(43)37-19-9-3-10-20-37)38-29-25-33(26-30-38)34-27-31-39(32-28-34)47-48-41-23-13-14-24-42(41)51(47)40-21-11-4-12-22-40/h2-5,7,9,11-17,19,21-32,44,46,49-50H,1,6,8,10,18,20H2. The quantitative estimate of drug-likeness (QED) is 0.182. The molecule has 4 aromatic carbocycles. The lowest BCUT2D eigenvalue weighted by atomic mass is 9.81. The van der Waals surface area contributed by atoms with Crippen LogP contribution in [0.15, 0.2) is 186 Å². The van der Waals surface area contributed by atoms with Gasteiger partial charge < -0.3 is 5.32 Å². The van der Waals surface area contributed by atoms with Crippen molar-refractivity contribution in [1.82, 2.24) is 20.2 Å². The molecule has 0 bridgehead atoms. The maximum Gasteiger partial charge on any atom is 0.145 e. The zero-order chi connectivity index (χ0) is 34.0. The topological polar surface area (TPSA) is 41.9 Å². The number of hydrogen-bond acceptors (Lipinski definition) is 3. The van der Waals surface area contributed by atoms with Gasteiger partial charge in [0.05, 0.1) is 17.1 Å². The Morgan fingerprint density at radius 2 is 1.37 bits per heavy atom. The van der Waals surface area contributed by atoms with Gasteiger partial charge in [-0.25, -0.2) is 4.98 Å². The van der Waals surface area contributed by atoms with E-state index in [-0.39, 0.29) is 12.2 Å². The summed E-state index contributed by atoms with van der Waals surface area (Å²) in [5.41, 5.74) is 14.8. The molecule has 2 N–H and O–H groups in total. The van der Waals surface area contributed by atoms with Gasteiger partial charge in [-0.15, -0.1) is 0 Å². The third kappa shape index (κ3) is 6.17. The van der Waals surface area contributed by atoms with Crippen LogP contribution >= 0.6 is 0 Å². The van der Waals surface area contributed by atoms with Crippen LogP contribution in [0.25, 0.3) is 39.2 Å². The monoisotopic (exact) mass is 662 g/mol. The highest BCUT2D eigenvalue weighted by atomic mass is 15.2. The molecule has 0 fully saturated rings. The molecule has 0 amide bonds. The molecule has 250 valence electrons. The van der Waals surface area contributed by atoms with E-state index in [9.17, 15) is 0 Å². The van der Waals surface area contributed by atoms with E-state index in [4.69, 9.17) is 4.98 Å². The summed E-state index contributed by atoms with van der Waals surface area (Å²) < 4.78 is 2.26. The average Bonchev–Trinajstić information content (AvgIpc) is 3.62. The average molecular weight is 663 g/mol. The highest BCUT2D eigenvalue weighted by Crippen LogP contribution is 2.39. The first-order chi connectivity index (χ1) is 25.3. The molecule has 4 nitrogen and oxygen atoms in total. The number of aromatic nitrogens is 2. The zero-order valence-corrected chi connectivity index (χ0v) is 28.8. The predicted molar refractivity (Wildman–Crippen MR) is 211 cm³/mol. The minimum atomic E-state index is -0.0112. The van der Waals surface area contributed by atoms with Gasteiger partial charge in [0, 0.05) is 22.5 Å². The van der Waals surface area contributed by atoms with Crippen LogP contribution in [0.4, 0.5) is 0 Å². The number of nitrogens with one attached hydrogen (secondary N) is 2. The molecular weight excluding hydrogens is 621 g/mol. The van der Waals surface area contributed by atoms with Crippen LogP contribution in [-0.2, 0) is 0 Å². The van der Waals surface area contributed by atoms with Crippen molar-refractivity contribution >= 4 is 11.0 Å². The van der Waals surface area contributed by atoms with E-state index in [2.05, 4.69) is 173 Å². The number of benzene rings is 4. The summed E-state index contributed by atoms with van der Waals surface area (Å²) in [6, 6.07) is 36.9. The number of hydrogen-bond donors (Lipinski definition) is 2. The molecule has 4 aliphatic rings. The van der Waals surface area contributed by atoms with E-state index < -0.39 is 0 Å². The first-order valence-electron chi connectivity index (χ1n) is 18.4. The van der Waals surface area contributed by atoms with E-state index in [1.165, 1.54) is 44.7 Å². The zero-order valence-electron chi connectivity index (χ0n) is 28.8.